The Kier molecular flexibility index (Phi) is 8.15. The van der Waals surface area contributed by atoms with Gasteiger partial charge >= 0.3 is 0 Å². The predicted molar refractivity (Wildman–Crippen MR) is 126 cm³/mol. The highest BCUT2D eigenvalue weighted by Crippen LogP contribution is 2.40. The summed E-state index contributed by atoms with van der Waals surface area (Å²) in [5, 5.41) is 3.39. The first kappa shape index (κ1) is 25.2. The fraction of sp³-hybridized carbons (Fsp3) is 0.520. The molecule has 3 heterocycles. The molecule has 2 aliphatic rings. The van der Waals surface area contributed by atoms with Crippen LogP contribution in [0.25, 0.3) is 0 Å². The van der Waals surface area contributed by atoms with Crippen LogP contribution in [0.15, 0.2) is 30.5 Å². The Balaban J connectivity index is 0.000000968. The van der Waals surface area contributed by atoms with Crippen LogP contribution in [-0.4, -0.2) is 68.8 Å². The average molecular weight is 461 g/mol. The lowest BCUT2D eigenvalue weighted by Crippen LogP contribution is -2.52. The number of hydrogen-bond acceptors (Lipinski definition) is 5. The lowest BCUT2D eigenvalue weighted by atomic mass is 9.88. The molecule has 0 bridgehead atoms. The molecule has 4 rings (SSSR count). The summed E-state index contributed by atoms with van der Waals surface area (Å²) in [6, 6.07) is 5.83. The number of hydrogen-bond donors (Lipinski definition) is 1. The van der Waals surface area contributed by atoms with Gasteiger partial charge in [0.15, 0.2) is 0 Å². The Morgan fingerprint density at radius 1 is 1.27 bits per heavy atom. The molecular formula is C25H34F2N4O2. The zero-order valence-corrected chi connectivity index (χ0v) is 20.1. The number of rotatable bonds is 4. The molecule has 33 heavy (non-hydrogen) atoms. The average Bonchev–Trinajstić information content (AvgIpc) is 3.01. The van der Waals surface area contributed by atoms with E-state index in [4.69, 9.17) is 0 Å². The van der Waals surface area contributed by atoms with Crippen molar-refractivity contribution in [3.8, 4) is 0 Å². The zero-order valence-electron chi connectivity index (χ0n) is 20.1. The molecule has 6 nitrogen and oxygen atoms in total. The highest BCUT2D eigenvalue weighted by molar-refractivity contribution is 5.97. The second kappa shape index (κ2) is 10.7. The molecule has 0 radical (unpaired) electrons. The molecule has 1 atom stereocenters. The number of fused-ring (bicyclic) bond motifs is 1. The Labute approximate surface area is 194 Å². The number of piperazine rings is 1. The van der Waals surface area contributed by atoms with Crippen LogP contribution in [0, 0.1) is 11.6 Å². The Morgan fingerprint density at radius 3 is 2.67 bits per heavy atom. The smallest absolute Gasteiger partial charge is 0.241 e. The molecule has 8 heteroatoms. The van der Waals surface area contributed by atoms with Gasteiger partial charge in [0.25, 0.3) is 0 Å². The number of pyridine rings is 1. The summed E-state index contributed by atoms with van der Waals surface area (Å²) in [5.74, 6) is -1.11. The Hall–Kier alpha value is -2.42. The van der Waals surface area contributed by atoms with Crippen molar-refractivity contribution in [1.82, 2.24) is 15.2 Å². The molecule has 1 aromatic carbocycles. The van der Waals surface area contributed by atoms with E-state index in [-0.39, 0.29) is 17.7 Å². The first-order valence-electron chi connectivity index (χ1n) is 11.2. The summed E-state index contributed by atoms with van der Waals surface area (Å²) in [6.07, 6.45) is 2.05. The van der Waals surface area contributed by atoms with Crippen LogP contribution in [0.1, 0.15) is 37.6 Å². The van der Waals surface area contributed by atoms with Crippen LogP contribution in [0.3, 0.4) is 0 Å². The minimum Gasteiger partial charge on any atom is -0.388 e. The van der Waals surface area contributed by atoms with Crippen LogP contribution in [0.5, 0.6) is 0 Å². The molecule has 1 unspecified atom stereocenters. The molecule has 1 aromatic heterocycles. The number of anilines is 1. The first-order valence-corrected chi connectivity index (χ1v) is 11.2. The van der Waals surface area contributed by atoms with Crippen molar-refractivity contribution >= 4 is 11.6 Å². The second-order valence-electron chi connectivity index (χ2n) is 9.47. The van der Waals surface area contributed by atoms with Crippen LogP contribution in [0.4, 0.5) is 14.5 Å². The van der Waals surface area contributed by atoms with Gasteiger partial charge in [-0.3, -0.25) is 14.7 Å². The van der Waals surface area contributed by atoms with Crippen molar-refractivity contribution in [2.75, 3.05) is 51.8 Å². The summed E-state index contributed by atoms with van der Waals surface area (Å²) in [4.78, 5) is 21.7. The van der Waals surface area contributed by atoms with Crippen molar-refractivity contribution in [3.63, 3.8) is 0 Å². The van der Waals surface area contributed by atoms with E-state index in [0.29, 0.717) is 30.4 Å². The number of aromatic nitrogens is 1. The molecule has 0 aliphatic carbocycles. The molecule has 2 aromatic rings. The summed E-state index contributed by atoms with van der Waals surface area (Å²) >= 11 is 0. The summed E-state index contributed by atoms with van der Waals surface area (Å²) in [7, 11) is 3.25. The number of halogens is 2. The van der Waals surface area contributed by atoms with Crippen molar-refractivity contribution in [2.45, 2.75) is 38.6 Å². The summed E-state index contributed by atoms with van der Waals surface area (Å²) < 4.78 is 31.5. The maximum Gasteiger partial charge on any atom is 0.241 e. The van der Waals surface area contributed by atoms with Gasteiger partial charge in [0.05, 0.1) is 12.2 Å². The largest absolute Gasteiger partial charge is 0.388 e. The highest BCUT2D eigenvalue weighted by Gasteiger charge is 2.39. The van der Waals surface area contributed by atoms with Gasteiger partial charge < -0.3 is 15.0 Å². The molecule has 0 saturated carbocycles. The van der Waals surface area contributed by atoms with Gasteiger partial charge in [0.2, 0.25) is 5.91 Å². The van der Waals surface area contributed by atoms with Gasteiger partial charge in [0, 0.05) is 81.8 Å². The molecule has 1 N–H and O–H groups in total. The van der Waals surface area contributed by atoms with Gasteiger partial charge in [0.1, 0.15) is 11.6 Å². The number of amides is 1. The van der Waals surface area contributed by atoms with E-state index in [0.717, 1.165) is 37.0 Å². The molecule has 1 amide bonds. The normalized spacial score (nSPS) is 19.6. The summed E-state index contributed by atoms with van der Waals surface area (Å²) in [6.45, 7) is 9.89. The highest BCUT2D eigenvalue weighted by atomic mass is 19.1. The van der Waals surface area contributed by atoms with Crippen molar-refractivity contribution < 1.29 is 18.3 Å². The first-order chi connectivity index (χ1) is 15.6. The minimum absolute atomic E-state index is 0.0704. The van der Waals surface area contributed by atoms with Gasteiger partial charge in [-0.15, -0.1) is 0 Å². The fourth-order valence-electron chi connectivity index (χ4n) is 4.41. The molecule has 2 aliphatic heterocycles. The minimum atomic E-state index is -0.598. The molecule has 1 fully saturated rings. The van der Waals surface area contributed by atoms with E-state index in [9.17, 15) is 13.6 Å². The van der Waals surface area contributed by atoms with E-state index >= 15 is 0 Å². The maximum atomic E-state index is 14.1. The number of nitrogens with zero attached hydrogens (tertiary/aromatic N) is 3. The molecular weight excluding hydrogens is 426 g/mol. The lowest BCUT2D eigenvalue weighted by molar-refractivity contribution is -0.120. The number of methoxy groups -OCH3 is 1. The van der Waals surface area contributed by atoms with Crippen LogP contribution in [-0.2, 0) is 21.4 Å². The van der Waals surface area contributed by atoms with E-state index in [1.54, 1.807) is 20.4 Å². The SMILES string of the molecule is CC1CN(CC(=O)N2CC(C)(C)c3cnc(Cc4ccc(F)cc4F)cc32)CCN1.COC. The Bertz CT molecular complexity index is 983. The van der Waals surface area contributed by atoms with Gasteiger partial charge in [-0.2, -0.15) is 0 Å². The van der Waals surface area contributed by atoms with Crippen molar-refractivity contribution in [2.24, 2.45) is 0 Å². The van der Waals surface area contributed by atoms with Gasteiger partial charge in [-0.05, 0) is 24.6 Å². The number of benzene rings is 1. The number of nitrogens with one attached hydrogen (secondary N) is 1. The fourth-order valence-corrected chi connectivity index (χ4v) is 4.41. The zero-order chi connectivity index (χ0) is 24.2. The van der Waals surface area contributed by atoms with Crippen molar-refractivity contribution in [1.29, 1.82) is 0 Å². The standard InChI is InChI=1S/C23H28F2N4O.C2H6O/c1-15-12-28(7-6-26-15)13-22(30)29-14-23(2,3)19-11-27-18(10-21(19)29)8-16-4-5-17(24)9-20(16)25;1-3-2/h4-5,9-11,15,26H,6-8,12-14H2,1-3H3;1-2H3. The van der Waals surface area contributed by atoms with E-state index in [2.05, 4.69) is 40.7 Å². The molecule has 1 saturated heterocycles. The number of carbonyl (C=O) groups excluding carboxylic acids is 1. The van der Waals surface area contributed by atoms with E-state index in [1.807, 2.05) is 11.0 Å². The van der Waals surface area contributed by atoms with Gasteiger partial charge in [-0.1, -0.05) is 19.9 Å². The topological polar surface area (TPSA) is 57.7 Å². The number of ether oxygens (including phenoxy) is 1. The van der Waals surface area contributed by atoms with Crippen LogP contribution in [0.2, 0.25) is 0 Å². The van der Waals surface area contributed by atoms with Crippen molar-refractivity contribution in [3.05, 3.63) is 58.9 Å². The number of carbonyl (C=O) groups is 1. The van der Waals surface area contributed by atoms with Gasteiger partial charge in [-0.25, -0.2) is 8.78 Å². The van der Waals surface area contributed by atoms with Crippen LogP contribution >= 0.6 is 0 Å². The second-order valence-corrected chi connectivity index (χ2v) is 9.47. The van der Waals surface area contributed by atoms with E-state index in [1.165, 1.54) is 12.1 Å². The third-order valence-corrected chi connectivity index (χ3v) is 6.01. The van der Waals surface area contributed by atoms with E-state index < -0.39 is 11.6 Å². The summed E-state index contributed by atoms with van der Waals surface area (Å²) in [5.41, 5.74) is 2.71. The quantitative estimate of drug-likeness (QED) is 0.760. The molecule has 0 spiro atoms. The predicted octanol–water partition coefficient (Wildman–Crippen LogP) is 3.13. The molecule has 180 valence electrons. The lowest BCUT2D eigenvalue weighted by Gasteiger charge is -2.32. The third kappa shape index (κ3) is 6.13. The maximum absolute atomic E-state index is 14.1. The Morgan fingerprint density at radius 2 is 2.00 bits per heavy atom. The third-order valence-electron chi connectivity index (χ3n) is 6.01. The van der Waals surface area contributed by atoms with Crippen LogP contribution < -0.4 is 10.2 Å². The monoisotopic (exact) mass is 460 g/mol.